The molecule has 0 saturated carbocycles. The fourth-order valence-corrected chi connectivity index (χ4v) is 3.29. The number of hydrogen-bond donors (Lipinski definition) is 1. The van der Waals surface area contributed by atoms with Crippen LogP contribution in [0, 0.1) is 11.7 Å². The number of amides is 1. The molecular weight excluding hydrogens is 297 g/mol. The van der Waals surface area contributed by atoms with Gasteiger partial charge in [-0.1, -0.05) is 18.2 Å². The molecule has 0 spiro atoms. The molecule has 1 heterocycles. The van der Waals surface area contributed by atoms with Crippen molar-refractivity contribution in [2.24, 2.45) is 5.92 Å². The fraction of sp³-hybridized carbons (Fsp3) is 0.556. The first-order valence-electron chi connectivity index (χ1n) is 8.08. The average molecular weight is 321 g/mol. The first kappa shape index (κ1) is 17.4. The summed E-state index contributed by atoms with van der Waals surface area (Å²) in [6.45, 7) is 4.70. The highest BCUT2D eigenvalue weighted by atomic mass is 19.1. The Morgan fingerprint density at radius 1 is 1.35 bits per heavy atom. The van der Waals surface area contributed by atoms with Gasteiger partial charge in [-0.25, -0.2) is 4.39 Å². The van der Waals surface area contributed by atoms with Crippen molar-refractivity contribution >= 4 is 11.9 Å². The largest absolute Gasteiger partial charge is 0.481 e. The lowest BCUT2D eigenvalue weighted by Gasteiger charge is -2.38. The van der Waals surface area contributed by atoms with E-state index in [4.69, 9.17) is 5.11 Å². The summed E-state index contributed by atoms with van der Waals surface area (Å²) in [7, 11) is 0. The Kier molecular flexibility index (Phi) is 5.39. The van der Waals surface area contributed by atoms with Crippen LogP contribution in [0.15, 0.2) is 24.3 Å². The molecule has 1 aliphatic rings. The number of halogens is 1. The Hall–Kier alpha value is -1.91. The van der Waals surface area contributed by atoms with Crippen molar-refractivity contribution in [1.82, 2.24) is 4.90 Å². The van der Waals surface area contributed by atoms with Crippen LogP contribution in [0.5, 0.6) is 0 Å². The number of rotatable bonds is 5. The minimum Gasteiger partial charge on any atom is -0.481 e. The van der Waals surface area contributed by atoms with Crippen molar-refractivity contribution in [3.8, 4) is 0 Å². The lowest BCUT2D eigenvalue weighted by Crippen LogP contribution is -2.48. The second-order valence-electron chi connectivity index (χ2n) is 6.80. The molecule has 1 atom stereocenters. The van der Waals surface area contributed by atoms with E-state index in [-0.39, 0.29) is 24.1 Å². The first-order valence-corrected chi connectivity index (χ1v) is 8.08. The van der Waals surface area contributed by atoms with Crippen molar-refractivity contribution in [1.29, 1.82) is 0 Å². The summed E-state index contributed by atoms with van der Waals surface area (Å²) in [5.74, 6) is -1.06. The van der Waals surface area contributed by atoms with E-state index in [1.54, 1.807) is 36.9 Å². The number of carboxylic acids is 1. The second-order valence-corrected chi connectivity index (χ2v) is 6.80. The van der Waals surface area contributed by atoms with Gasteiger partial charge in [0.05, 0.1) is 5.41 Å². The van der Waals surface area contributed by atoms with E-state index in [2.05, 4.69) is 0 Å². The zero-order valence-electron chi connectivity index (χ0n) is 13.7. The summed E-state index contributed by atoms with van der Waals surface area (Å²) in [5.41, 5.74) is -0.530. The summed E-state index contributed by atoms with van der Waals surface area (Å²) in [6, 6.07) is 6.37. The van der Waals surface area contributed by atoms with Crippen molar-refractivity contribution in [3.63, 3.8) is 0 Å². The molecule has 23 heavy (non-hydrogen) atoms. The molecule has 1 aromatic rings. The van der Waals surface area contributed by atoms with Gasteiger partial charge < -0.3 is 10.0 Å². The highest BCUT2D eigenvalue weighted by Crippen LogP contribution is 2.30. The molecule has 126 valence electrons. The minimum atomic E-state index is -0.931. The monoisotopic (exact) mass is 321 g/mol. The van der Waals surface area contributed by atoms with Gasteiger partial charge in [0, 0.05) is 25.1 Å². The summed E-state index contributed by atoms with van der Waals surface area (Å²) in [6.07, 6.45) is 2.52. The van der Waals surface area contributed by atoms with Gasteiger partial charge in [-0.2, -0.15) is 0 Å². The average Bonchev–Trinajstić information content (AvgIpc) is 2.52. The Morgan fingerprint density at radius 3 is 2.70 bits per heavy atom. The molecule has 1 N–H and O–H groups in total. The fourth-order valence-electron chi connectivity index (χ4n) is 3.29. The van der Waals surface area contributed by atoms with Crippen molar-refractivity contribution in [2.75, 3.05) is 13.1 Å². The minimum absolute atomic E-state index is 0.0948. The zero-order chi connectivity index (χ0) is 17.0. The number of aliphatic carboxylic acids is 1. The van der Waals surface area contributed by atoms with Gasteiger partial charge in [0.2, 0.25) is 5.91 Å². The highest BCUT2D eigenvalue weighted by molar-refractivity contribution is 5.87. The third-order valence-corrected chi connectivity index (χ3v) is 4.65. The maximum atomic E-state index is 14.1. The topological polar surface area (TPSA) is 57.6 Å². The predicted octanol–water partition coefficient (Wildman–Crippen LogP) is 3.21. The van der Waals surface area contributed by atoms with Crippen LogP contribution in [0.25, 0.3) is 0 Å². The van der Waals surface area contributed by atoms with E-state index < -0.39 is 11.4 Å². The van der Waals surface area contributed by atoms with Crippen LogP contribution in [-0.2, 0) is 15.0 Å². The van der Waals surface area contributed by atoms with Gasteiger partial charge in [0.1, 0.15) is 5.82 Å². The lowest BCUT2D eigenvalue weighted by molar-refractivity contribution is -0.138. The second kappa shape index (κ2) is 7.11. The van der Waals surface area contributed by atoms with E-state index in [0.717, 1.165) is 12.8 Å². The van der Waals surface area contributed by atoms with E-state index in [9.17, 15) is 14.0 Å². The van der Waals surface area contributed by atoms with Crippen LogP contribution in [0.4, 0.5) is 4.39 Å². The molecule has 0 radical (unpaired) electrons. The number of hydrogen-bond acceptors (Lipinski definition) is 2. The van der Waals surface area contributed by atoms with Gasteiger partial charge in [-0.3, -0.25) is 9.59 Å². The van der Waals surface area contributed by atoms with E-state index in [1.807, 2.05) is 0 Å². The SMILES string of the molecule is CC(C)(C(=O)N1CCC[C@H](CCC(=O)O)C1)c1ccccc1F. The summed E-state index contributed by atoms with van der Waals surface area (Å²) >= 11 is 0. The van der Waals surface area contributed by atoms with E-state index in [1.165, 1.54) is 6.07 Å². The molecule has 1 aliphatic heterocycles. The summed E-state index contributed by atoms with van der Waals surface area (Å²) in [4.78, 5) is 25.4. The Balaban J connectivity index is 2.09. The van der Waals surface area contributed by atoms with Crippen LogP contribution in [-0.4, -0.2) is 35.0 Å². The van der Waals surface area contributed by atoms with Crippen molar-refractivity contribution in [3.05, 3.63) is 35.6 Å². The Morgan fingerprint density at radius 2 is 2.04 bits per heavy atom. The van der Waals surface area contributed by atoms with Gasteiger partial charge in [0.15, 0.2) is 0 Å². The lowest BCUT2D eigenvalue weighted by atomic mass is 9.81. The molecule has 1 amide bonds. The van der Waals surface area contributed by atoms with Gasteiger partial charge in [-0.15, -0.1) is 0 Å². The number of piperidine rings is 1. The van der Waals surface area contributed by atoms with Crippen LogP contribution in [0.2, 0.25) is 0 Å². The third kappa shape index (κ3) is 4.09. The molecule has 2 rings (SSSR count). The number of carbonyl (C=O) groups excluding carboxylic acids is 1. The van der Waals surface area contributed by atoms with Crippen LogP contribution in [0.3, 0.4) is 0 Å². The normalized spacial score (nSPS) is 18.7. The smallest absolute Gasteiger partial charge is 0.303 e. The van der Waals surface area contributed by atoms with Crippen LogP contribution >= 0.6 is 0 Å². The highest BCUT2D eigenvalue weighted by Gasteiger charge is 2.37. The number of likely N-dealkylation sites (tertiary alicyclic amines) is 1. The molecule has 1 saturated heterocycles. The summed E-state index contributed by atoms with van der Waals surface area (Å²) < 4.78 is 14.1. The summed E-state index contributed by atoms with van der Waals surface area (Å²) in [5, 5.41) is 8.81. The van der Waals surface area contributed by atoms with Gasteiger partial charge in [0.25, 0.3) is 0 Å². The number of benzene rings is 1. The first-order chi connectivity index (χ1) is 10.8. The predicted molar refractivity (Wildman–Crippen MR) is 85.6 cm³/mol. The molecule has 1 aromatic carbocycles. The molecule has 0 unspecified atom stereocenters. The van der Waals surface area contributed by atoms with Gasteiger partial charge in [-0.05, 0) is 45.1 Å². The van der Waals surface area contributed by atoms with Gasteiger partial charge >= 0.3 is 5.97 Å². The Bertz CT molecular complexity index is 585. The molecule has 5 heteroatoms. The molecular formula is C18H24FNO3. The van der Waals surface area contributed by atoms with Crippen molar-refractivity contribution < 1.29 is 19.1 Å². The third-order valence-electron chi connectivity index (χ3n) is 4.65. The quantitative estimate of drug-likeness (QED) is 0.906. The molecule has 0 aromatic heterocycles. The standard InChI is InChI=1S/C18H24FNO3/c1-18(2,14-7-3-4-8-15(14)19)17(23)20-11-5-6-13(12-20)9-10-16(21)22/h3-4,7-8,13H,5-6,9-12H2,1-2H3,(H,21,22)/t13-/m1/s1. The maximum Gasteiger partial charge on any atom is 0.303 e. The molecule has 1 fully saturated rings. The molecule has 0 bridgehead atoms. The Labute approximate surface area is 136 Å². The number of carbonyl (C=O) groups is 2. The van der Waals surface area contributed by atoms with Crippen LogP contribution in [0.1, 0.15) is 45.1 Å². The van der Waals surface area contributed by atoms with Crippen molar-refractivity contribution in [2.45, 2.75) is 44.9 Å². The van der Waals surface area contributed by atoms with Crippen LogP contribution < -0.4 is 0 Å². The number of carboxylic acid groups (broad SMARTS) is 1. The molecule has 4 nitrogen and oxygen atoms in total. The molecule has 0 aliphatic carbocycles. The zero-order valence-corrected chi connectivity index (χ0v) is 13.7. The maximum absolute atomic E-state index is 14.1. The number of nitrogens with zero attached hydrogens (tertiary/aromatic N) is 1. The van der Waals surface area contributed by atoms with E-state index in [0.29, 0.717) is 25.1 Å². The van der Waals surface area contributed by atoms with E-state index >= 15 is 0 Å².